The summed E-state index contributed by atoms with van der Waals surface area (Å²) >= 11 is 0. The molecule has 7 nitrogen and oxygen atoms in total. The number of hydrogen-bond acceptors (Lipinski definition) is 7. The monoisotopic (exact) mass is 458 g/mol. The molecule has 1 unspecified atom stereocenters. The first kappa shape index (κ1) is 22.9. The number of benzene rings is 3. The van der Waals surface area contributed by atoms with Gasteiger partial charge >= 0.3 is 0 Å². The normalized spacial score (nSPS) is 11.7. The van der Waals surface area contributed by atoms with Gasteiger partial charge in [0.1, 0.15) is 5.69 Å². The number of ether oxygens (including phenoxy) is 2. The Labute approximate surface area is 197 Å². The first-order chi connectivity index (χ1) is 16.4. The van der Waals surface area contributed by atoms with Crippen molar-refractivity contribution < 1.29 is 14.6 Å². The molecule has 7 heteroatoms. The van der Waals surface area contributed by atoms with Crippen molar-refractivity contribution in [3.63, 3.8) is 0 Å². The molecule has 0 aromatic heterocycles. The highest BCUT2D eigenvalue weighted by atomic mass is 16.5. The van der Waals surface area contributed by atoms with Crippen LogP contribution in [0.25, 0.3) is 0 Å². The molecule has 2 N–H and O–H groups in total. The zero-order chi connectivity index (χ0) is 24.2. The van der Waals surface area contributed by atoms with Crippen LogP contribution in [0.15, 0.2) is 82.4 Å². The molecule has 1 atom stereocenters. The molecule has 174 valence electrons. The average molecular weight is 459 g/mol. The highest BCUT2D eigenvalue weighted by Crippen LogP contribution is 2.37. The van der Waals surface area contributed by atoms with Crippen molar-refractivity contribution in [3.8, 4) is 17.2 Å². The van der Waals surface area contributed by atoms with Crippen LogP contribution in [-0.4, -0.2) is 25.9 Å². The van der Waals surface area contributed by atoms with E-state index in [0.717, 1.165) is 11.4 Å². The molecule has 0 amide bonds. The Morgan fingerprint density at radius 2 is 1.56 bits per heavy atom. The Morgan fingerprint density at radius 1 is 0.853 bits per heavy atom. The lowest BCUT2D eigenvalue weighted by molar-refractivity contribution is 0.355. The molecule has 0 spiro atoms. The van der Waals surface area contributed by atoms with Crippen LogP contribution >= 0.6 is 0 Å². The van der Waals surface area contributed by atoms with Crippen molar-refractivity contribution in [1.29, 1.82) is 0 Å². The van der Waals surface area contributed by atoms with Crippen molar-refractivity contribution in [2.24, 2.45) is 0 Å². The standard InChI is InChI=1S/C27H26N2O5/c1-17(18-8-5-4-6-9-18)16-29(21-12-13-22(33-2)23(15-21)34-3)20-11-7-10-19(14-20)28-24-25(30)27(32)26(24)31/h4-15,17,28,30H,16H2,1-3H3. The molecule has 0 bridgehead atoms. The molecule has 0 radical (unpaired) electrons. The Balaban J connectivity index is 1.72. The van der Waals surface area contributed by atoms with E-state index in [9.17, 15) is 14.7 Å². The number of nitrogens with one attached hydrogen (secondary N) is 1. The van der Waals surface area contributed by atoms with Crippen LogP contribution in [-0.2, 0) is 0 Å². The summed E-state index contributed by atoms with van der Waals surface area (Å²) in [5.41, 5.74) is 1.86. The molecule has 0 saturated heterocycles. The zero-order valence-electron chi connectivity index (χ0n) is 19.2. The van der Waals surface area contributed by atoms with Gasteiger partial charge in [0.05, 0.1) is 14.2 Å². The van der Waals surface area contributed by atoms with E-state index in [1.165, 1.54) is 5.56 Å². The van der Waals surface area contributed by atoms with Crippen LogP contribution < -0.4 is 30.5 Å². The van der Waals surface area contributed by atoms with Gasteiger partial charge in [0, 0.05) is 29.7 Å². The van der Waals surface area contributed by atoms with Crippen molar-refractivity contribution >= 4 is 22.7 Å². The number of hydrogen-bond donors (Lipinski definition) is 2. The summed E-state index contributed by atoms with van der Waals surface area (Å²) in [6, 6.07) is 23.4. The van der Waals surface area contributed by atoms with E-state index in [4.69, 9.17) is 9.47 Å². The third-order valence-electron chi connectivity index (χ3n) is 5.82. The van der Waals surface area contributed by atoms with Crippen LogP contribution in [0, 0.1) is 0 Å². The summed E-state index contributed by atoms with van der Waals surface area (Å²) in [4.78, 5) is 25.3. The number of aromatic hydroxyl groups is 1. The molecule has 0 heterocycles. The lowest BCUT2D eigenvalue weighted by atomic mass is 10.00. The summed E-state index contributed by atoms with van der Waals surface area (Å²) in [6.45, 7) is 2.82. The minimum atomic E-state index is -0.873. The second-order valence-electron chi connectivity index (χ2n) is 8.02. The van der Waals surface area contributed by atoms with Gasteiger partial charge in [0.15, 0.2) is 17.2 Å². The van der Waals surface area contributed by atoms with Gasteiger partial charge in [-0.1, -0.05) is 43.3 Å². The van der Waals surface area contributed by atoms with E-state index in [1.807, 2.05) is 54.6 Å². The van der Waals surface area contributed by atoms with Crippen molar-refractivity contribution in [1.82, 2.24) is 0 Å². The molecule has 0 aliphatic heterocycles. The van der Waals surface area contributed by atoms with E-state index in [-0.39, 0.29) is 11.6 Å². The molecule has 4 rings (SSSR count). The van der Waals surface area contributed by atoms with Crippen LogP contribution in [0.1, 0.15) is 18.4 Å². The lowest BCUT2D eigenvalue weighted by Gasteiger charge is -2.29. The molecule has 4 aromatic carbocycles. The van der Waals surface area contributed by atoms with E-state index in [0.29, 0.717) is 23.7 Å². The lowest BCUT2D eigenvalue weighted by Crippen LogP contribution is -2.32. The second kappa shape index (κ2) is 9.70. The van der Waals surface area contributed by atoms with Crippen molar-refractivity contribution in [3.05, 3.63) is 98.8 Å². The largest absolute Gasteiger partial charge is 0.502 e. The average Bonchev–Trinajstić information content (AvgIpc) is 2.89. The van der Waals surface area contributed by atoms with E-state index < -0.39 is 16.6 Å². The molecule has 4 aromatic rings. The minimum Gasteiger partial charge on any atom is -0.502 e. The minimum absolute atomic E-state index is 0.0857. The smallest absolute Gasteiger partial charge is 0.271 e. The van der Waals surface area contributed by atoms with E-state index in [2.05, 4.69) is 29.3 Å². The highest BCUT2D eigenvalue weighted by molar-refractivity contribution is 5.74. The third-order valence-corrected chi connectivity index (χ3v) is 5.82. The van der Waals surface area contributed by atoms with Crippen molar-refractivity contribution in [2.75, 3.05) is 31.0 Å². The fraction of sp³-hybridized carbons (Fsp3) is 0.185. The predicted molar refractivity (Wildman–Crippen MR) is 134 cm³/mol. The Hall–Kier alpha value is -4.26. The molecular weight excluding hydrogens is 432 g/mol. The summed E-state index contributed by atoms with van der Waals surface area (Å²) in [7, 11) is 3.19. The molecule has 0 fully saturated rings. The topological polar surface area (TPSA) is 88.1 Å². The molecule has 0 aliphatic carbocycles. The Morgan fingerprint density at radius 3 is 2.24 bits per heavy atom. The third kappa shape index (κ3) is 4.45. The van der Waals surface area contributed by atoms with Crippen LogP contribution in [0.2, 0.25) is 0 Å². The van der Waals surface area contributed by atoms with E-state index >= 15 is 0 Å². The number of nitrogens with zero attached hydrogens (tertiary/aromatic N) is 1. The second-order valence-corrected chi connectivity index (χ2v) is 8.02. The summed E-state index contributed by atoms with van der Waals surface area (Å²) in [5.74, 6) is 0.905. The van der Waals surface area contributed by atoms with Gasteiger partial charge in [-0.3, -0.25) is 9.59 Å². The maximum Gasteiger partial charge on any atom is 0.271 e. The van der Waals surface area contributed by atoms with E-state index in [1.54, 1.807) is 20.3 Å². The molecular formula is C27H26N2O5. The van der Waals surface area contributed by atoms with Gasteiger partial charge in [-0.25, -0.2) is 0 Å². The van der Waals surface area contributed by atoms with Gasteiger partial charge in [-0.15, -0.1) is 0 Å². The number of rotatable bonds is 9. The fourth-order valence-electron chi connectivity index (χ4n) is 3.91. The summed E-state index contributed by atoms with van der Waals surface area (Å²) in [6.07, 6.45) is 0. The van der Waals surface area contributed by atoms with Gasteiger partial charge in [-0.05, 0) is 41.8 Å². The first-order valence-electron chi connectivity index (χ1n) is 10.9. The fourth-order valence-corrected chi connectivity index (χ4v) is 3.91. The highest BCUT2D eigenvalue weighted by Gasteiger charge is 2.21. The van der Waals surface area contributed by atoms with Gasteiger partial charge in [0.25, 0.3) is 10.9 Å². The first-order valence-corrected chi connectivity index (χ1v) is 10.9. The Bertz CT molecular complexity index is 1360. The quantitative estimate of drug-likeness (QED) is 0.352. The predicted octanol–water partition coefficient (Wildman–Crippen LogP) is 4.69. The van der Waals surface area contributed by atoms with Crippen LogP contribution in [0.3, 0.4) is 0 Å². The molecule has 0 saturated carbocycles. The van der Waals surface area contributed by atoms with Crippen LogP contribution in [0.4, 0.5) is 22.7 Å². The maximum absolute atomic E-state index is 11.8. The van der Waals surface area contributed by atoms with Crippen molar-refractivity contribution in [2.45, 2.75) is 12.8 Å². The molecule has 0 aliphatic rings. The summed E-state index contributed by atoms with van der Waals surface area (Å²) in [5, 5.41) is 12.6. The number of anilines is 4. The van der Waals surface area contributed by atoms with Crippen LogP contribution in [0.5, 0.6) is 17.2 Å². The van der Waals surface area contributed by atoms with Gasteiger partial charge in [0.2, 0.25) is 0 Å². The maximum atomic E-state index is 11.8. The Kier molecular flexibility index (Phi) is 6.54. The SMILES string of the molecule is COc1ccc(N(CC(C)c2ccccc2)c2cccc(Nc3c(O)c(=O)c3=O)c2)cc1OC. The van der Waals surface area contributed by atoms with Gasteiger partial charge in [-0.2, -0.15) is 0 Å². The summed E-state index contributed by atoms with van der Waals surface area (Å²) < 4.78 is 10.9. The van der Waals surface area contributed by atoms with Gasteiger partial charge < -0.3 is 24.8 Å². The molecule has 34 heavy (non-hydrogen) atoms. The number of methoxy groups -OCH3 is 2. The zero-order valence-corrected chi connectivity index (χ0v) is 19.2.